The number of aromatic nitrogens is 2. The number of fused-ring (bicyclic) bond motifs is 1. The fourth-order valence-corrected chi connectivity index (χ4v) is 4.66. The Labute approximate surface area is 233 Å². The van der Waals surface area contributed by atoms with Crippen LogP contribution >= 0.6 is 11.8 Å². The summed E-state index contributed by atoms with van der Waals surface area (Å²) in [6, 6.07) is 12.4. The van der Waals surface area contributed by atoms with Gasteiger partial charge in [0.1, 0.15) is 11.5 Å². The van der Waals surface area contributed by atoms with E-state index in [1.54, 1.807) is 23.9 Å². The van der Waals surface area contributed by atoms with Crippen LogP contribution in [0, 0.1) is 0 Å². The van der Waals surface area contributed by atoms with E-state index >= 15 is 0 Å². The highest BCUT2D eigenvalue weighted by molar-refractivity contribution is 8.03. The van der Waals surface area contributed by atoms with Gasteiger partial charge in [0, 0.05) is 43.4 Å². The van der Waals surface area contributed by atoms with Gasteiger partial charge in [0.05, 0.1) is 23.1 Å². The van der Waals surface area contributed by atoms with Crippen molar-refractivity contribution < 1.29 is 18.3 Å². The Morgan fingerprint density at radius 1 is 1.15 bits per heavy atom. The molecule has 4 rings (SSSR count). The van der Waals surface area contributed by atoms with Gasteiger partial charge >= 0.3 is 0 Å². The lowest BCUT2D eigenvalue weighted by Crippen LogP contribution is -2.30. The van der Waals surface area contributed by atoms with Gasteiger partial charge in [0.15, 0.2) is 0 Å². The molecule has 210 valence electrons. The number of β-amino-alcohol motifs (C(OH)–C–C–N with tert-alkyl or cyclic N) is 1. The maximum atomic E-state index is 13.5. The summed E-state index contributed by atoms with van der Waals surface area (Å²) >= 11 is 1.60. The summed E-state index contributed by atoms with van der Waals surface area (Å²) in [5, 5.41) is 15.6. The van der Waals surface area contributed by atoms with Crippen LogP contribution < -0.4 is 0 Å². The topological polar surface area (TPSA) is 53.7 Å². The molecule has 1 fully saturated rings. The van der Waals surface area contributed by atoms with Gasteiger partial charge in [-0.2, -0.15) is 5.10 Å². The van der Waals surface area contributed by atoms with Gasteiger partial charge in [-0.25, -0.2) is 18.2 Å². The summed E-state index contributed by atoms with van der Waals surface area (Å²) in [6.45, 7) is 11.0. The molecule has 1 atom stereocenters. The van der Waals surface area contributed by atoms with Crippen LogP contribution in [0.2, 0.25) is 0 Å². The molecule has 0 aliphatic carbocycles. The Kier molecular flexibility index (Phi) is 10.1. The minimum atomic E-state index is -2.84. The highest BCUT2D eigenvalue weighted by Gasteiger charge is 2.25. The molecule has 1 aromatic heterocycles. The Bertz CT molecular complexity index is 1310. The molecule has 1 N–H and O–H groups in total. The van der Waals surface area contributed by atoms with Crippen LogP contribution in [0.1, 0.15) is 50.8 Å². The molecule has 2 aromatic carbocycles. The predicted octanol–water partition coefficient (Wildman–Crippen LogP) is 7.26. The van der Waals surface area contributed by atoms with Gasteiger partial charge in [-0.1, -0.05) is 36.9 Å². The monoisotopic (exact) mass is 558 g/mol. The lowest BCUT2D eigenvalue weighted by Gasteiger charge is -2.21. The minimum absolute atomic E-state index is 0.00528. The van der Waals surface area contributed by atoms with E-state index in [4.69, 9.17) is 0 Å². The number of hydrogen-bond donors (Lipinski definition) is 1. The standard InChI is InChI=1S/C26H28F2N4OS.C4H9F/c1-4-29-25(31-12-11-22(33)17-31)24(34-3)14-19-7-10-23-20(13-19)16-32(30-23)15-18-5-8-21(9-6-18)26(2,27)28;1-4(2,3)5/h4-10,13-14,16,22,33H,1,11-12,15,17H2,2-3H3;1-3H3/b24-14-,29-25?;. The normalized spacial score (nSPS) is 16.8. The molecule has 0 bridgehead atoms. The molecule has 0 spiro atoms. The number of halogens is 3. The molecule has 1 aliphatic heterocycles. The number of aliphatic hydroxyl groups excluding tert-OH is 1. The number of thioether (sulfide) groups is 1. The van der Waals surface area contributed by atoms with Crippen LogP contribution in [0.15, 0.2) is 71.3 Å². The molecule has 1 aliphatic rings. The average Bonchev–Trinajstić information content (AvgIpc) is 3.45. The number of benzene rings is 2. The van der Waals surface area contributed by atoms with Crippen LogP contribution in [0.3, 0.4) is 0 Å². The van der Waals surface area contributed by atoms with Crippen molar-refractivity contribution in [2.24, 2.45) is 4.99 Å². The number of aliphatic hydroxyl groups is 1. The zero-order valence-corrected chi connectivity index (χ0v) is 24.0. The number of alkyl halides is 3. The van der Waals surface area contributed by atoms with Crippen LogP contribution in [0.4, 0.5) is 13.2 Å². The summed E-state index contributed by atoms with van der Waals surface area (Å²) in [5.74, 6) is -2.03. The van der Waals surface area contributed by atoms with Crippen molar-refractivity contribution in [3.8, 4) is 0 Å². The van der Waals surface area contributed by atoms with Gasteiger partial charge in [-0.15, -0.1) is 11.8 Å². The number of nitrogens with zero attached hydrogens (tertiary/aromatic N) is 4. The Balaban J connectivity index is 0.000000771. The predicted molar refractivity (Wildman–Crippen MR) is 157 cm³/mol. The van der Waals surface area contributed by atoms with Crippen LogP contribution in [-0.2, 0) is 12.5 Å². The fourth-order valence-electron chi connectivity index (χ4n) is 4.04. The largest absolute Gasteiger partial charge is 0.391 e. The van der Waals surface area contributed by atoms with Crippen LogP contribution in [-0.4, -0.2) is 56.7 Å². The molecule has 9 heteroatoms. The van der Waals surface area contributed by atoms with Crippen molar-refractivity contribution in [1.29, 1.82) is 0 Å². The molecule has 5 nitrogen and oxygen atoms in total. The summed E-state index contributed by atoms with van der Waals surface area (Å²) in [6.07, 6.45) is 7.97. The number of rotatable bonds is 7. The lowest BCUT2D eigenvalue weighted by molar-refractivity contribution is 0.0174. The minimum Gasteiger partial charge on any atom is -0.391 e. The third kappa shape index (κ3) is 9.28. The molecule has 0 radical (unpaired) electrons. The van der Waals surface area contributed by atoms with Crippen molar-refractivity contribution in [1.82, 2.24) is 14.7 Å². The van der Waals surface area contributed by atoms with Crippen molar-refractivity contribution in [3.63, 3.8) is 0 Å². The third-order valence-electron chi connectivity index (χ3n) is 5.80. The average molecular weight is 559 g/mol. The molecular formula is C30H37F3N4OS. The molecule has 3 aromatic rings. The summed E-state index contributed by atoms with van der Waals surface area (Å²) in [4.78, 5) is 7.57. The molecule has 2 heterocycles. The number of hydrogen-bond acceptors (Lipinski definition) is 4. The van der Waals surface area contributed by atoms with E-state index in [9.17, 15) is 18.3 Å². The van der Waals surface area contributed by atoms with E-state index in [1.807, 2.05) is 29.3 Å². The maximum Gasteiger partial charge on any atom is 0.270 e. The fraction of sp³-hybridized carbons (Fsp3) is 0.400. The number of aliphatic imine (C=N–C) groups is 1. The Morgan fingerprint density at radius 2 is 1.82 bits per heavy atom. The van der Waals surface area contributed by atoms with Gasteiger partial charge in [-0.3, -0.25) is 4.68 Å². The van der Waals surface area contributed by atoms with E-state index in [0.717, 1.165) is 52.7 Å². The highest BCUT2D eigenvalue weighted by atomic mass is 32.2. The smallest absolute Gasteiger partial charge is 0.270 e. The zero-order chi connectivity index (χ0) is 28.8. The maximum absolute atomic E-state index is 13.5. The van der Waals surface area contributed by atoms with Gasteiger partial charge in [0.25, 0.3) is 5.92 Å². The first kappa shape index (κ1) is 30.5. The first-order valence-electron chi connectivity index (χ1n) is 12.8. The summed E-state index contributed by atoms with van der Waals surface area (Å²) < 4.78 is 40.4. The van der Waals surface area contributed by atoms with Gasteiger partial charge in [0.2, 0.25) is 0 Å². The molecule has 1 saturated heterocycles. The van der Waals surface area contributed by atoms with Crippen LogP contribution in [0.5, 0.6) is 0 Å². The van der Waals surface area contributed by atoms with E-state index < -0.39 is 11.6 Å². The highest BCUT2D eigenvalue weighted by Crippen LogP contribution is 2.28. The molecular weight excluding hydrogens is 521 g/mol. The second-order valence-corrected chi connectivity index (χ2v) is 11.4. The second kappa shape index (κ2) is 12.9. The van der Waals surface area contributed by atoms with Crippen molar-refractivity contribution in [2.75, 3.05) is 19.3 Å². The zero-order valence-electron chi connectivity index (χ0n) is 23.2. The van der Waals surface area contributed by atoms with E-state index in [-0.39, 0.29) is 11.7 Å². The summed E-state index contributed by atoms with van der Waals surface area (Å²) in [7, 11) is 0. The van der Waals surface area contributed by atoms with E-state index in [1.165, 1.54) is 39.1 Å². The lowest BCUT2D eigenvalue weighted by atomic mass is 10.1. The Hall–Kier alpha value is -3.04. The molecule has 0 saturated carbocycles. The van der Waals surface area contributed by atoms with Crippen LogP contribution in [0.25, 0.3) is 17.0 Å². The Morgan fingerprint density at radius 3 is 2.36 bits per heavy atom. The third-order valence-corrected chi connectivity index (χ3v) is 6.54. The van der Waals surface area contributed by atoms with Gasteiger partial charge < -0.3 is 10.0 Å². The van der Waals surface area contributed by atoms with Crippen molar-refractivity contribution in [3.05, 3.63) is 83.0 Å². The molecule has 0 amide bonds. The summed E-state index contributed by atoms with van der Waals surface area (Å²) in [5.41, 5.74) is 1.79. The van der Waals surface area contributed by atoms with E-state index in [0.29, 0.717) is 13.1 Å². The van der Waals surface area contributed by atoms with E-state index in [2.05, 4.69) is 33.7 Å². The second-order valence-electron chi connectivity index (χ2n) is 10.5. The number of amidine groups is 1. The molecule has 39 heavy (non-hydrogen) atoms. The first-order chi connectivity index (χ1) is 18.3. The van der Waals surface area contributed by atoms with Gasteiger partial charge in [-0.05, 0) is 62.8 Å². The first-order valence-corrected chi connectivity index (χ1v) is 14.0. The quantitative estimate of drug-likeness (QED) is 0.245. The van der Waals surface area contributed by atoms with Crippen molar-refractivity contribution >= 4 is 34.6 Å². The van der Waals surface area contributed by atoms with Crippen molar-refractivity contribution in [2.45, 2.75) is 58.4 Å². The number of likely N-dealkylation sites (tertiary alicyclic amines) is 1. The SMILES string of the molecule is C=CN=C(/C(=C/c1ccc2nn(Cc3ccc(C(C)(F)F)cc3)cc2c1)SC)N1CCC(O)C1.CC(C)(C)F. The molecule has 1 unspecified atom stereocenters.